The van der Waals surface area contributed by atoms with Gasteiger partial charge in [-0.15, -0.1) is 0 Å². The normalized spacial score (nSPS) is 15.9. The average Bonchev–Trinajstić information content (AvgIpc) is 2.16. The molecular weight excluding hydrogens is 208 g/mol. The molecule has 1 unspecified atom stereocenters. The lowest BCUT2D eigenvalue weighted by Crippen LogP contribution is -2.43. The van der Waals surface area contributed by atoms with E-state index in [0.29, 0.717) is 0 Å². The van der Waals surface area contributed by atoms with Crippen molar-refractivity contribution in [3.63, 3.8) is 0 Å². The van der Waals surface area contributed by atoms with Gasteiger partial charge < -0.3 is 10.9 Å². The van der Waals surface area contributed by atoms with Crippen molar-refractivity contribution in [1.82, 2.24) is 9.03 Å². The molecule has 7 nitrogen and oxygen atoms in total. The molecule has 14 heavy (non-hydrogen) atoms. The van der Waals surface area contributed by atoms with Crippen molar-refractivity contribution < 1.29 is 13.6 Å². The van der Waals surface area contributed by atoms with Crippen molar-refractivity contribution in [3.05, 3.63) is 0 Å². The SMILES string of the molecule is CNS(=O)(=O)N(C)C(C)CC(N)=NO. The third kappa shape index (κ3) is 3.48. The van der Waals surface area contributed by atoms with E-state index in [0.717, 1.165) is 4.31 Å². The molecule has 0 bridgehead atoms. The number of hydrogen-bond donors (Lipinski definition) is 3. The van der Waals surface area contributed by atoms with Crippen LogP contribution in [0.3, 0.4) is 0 Å². The summed E-state index contributed by atoms with van der Waals surface area (Å²) >= 11 is 0. The van der Waals surface area contributed by atoms with Crippen LogP contribution in [0.1, 0.15) is 13.3 Å². The molecule has 8 heteroatoms. The minimum atomic E-state index is -3.46. The minimum absolute atomic E-state index is 0.00402. The van der Waals surface area contributed by atoms with Gasteiger partial charge in [0.2, 0.25) is 0 Å². The van der Waals surface area contributed by atoms with Gasteiger partial charge in [-0.05, 0) is 6.92 Å². The van der Waals surface area contributed by atoms with Gasteiger partial charge in [0.05, 0.1) is 0 Å². The number of oxime groups is 1. The van der Waals surface area contributed by atoms with Crippen molar-refractivity contribution in [2.45, 2.75) is 19.4 Å². The van der Waals surface area contributed by atoms with E-state index in [1.807, 2.05) is 0 Å². The van der Waals surface area contributed by atoms with E-state index in [1.54, 1.807) is 6.92 Å². The Morgan fingerprint density at radius 1 is 1.71 bits per heavy atom. The predicted molar refractivity (Wildman–Crippen MR) is 53.2 cm³/mol. The number of amidine groups is 1. The predicted octanol–water partition coefficient (Wildman–Crippen LogP) is -1.09. The van der Waals surface area contributed by atoms with E-state index in [-0.39, 0.29) is 18.3 Å². The molecule has 0 radical (unpaired) electrons. The van der Waals surface area contributed by atoms with Gasteiger partial charge >= 0.3 is 0 Å². The van der Waals surface area contributed by atoms with E-state index in [4.69, 9.17) is 10.9 Å². The van der Waals surface area contributed by atoms with Crippen LogP contribution < -0.4 is 10.5 Å². The van der Waals surface area contributed by atoms with Crippen LogP contribution in [0.15, 0.2) is 5.16 Å². The molecule has 0 amide bonds. The summed E-state index contributed by atoms with van der Waals surface area (Å²) in [5.41, 5.74) is 5.25. The summed E-state index contributed by atoms with van der Waals surface area (Å²) in [6.45, 7) is 1.66. The Morgan fingerprint density at radius 3 is 2.57 bits per heavy atom. The Labute approximate surface area is 83.8 Å². The van der Waals surface area contributed by atoms with Gasteiger partial charge in [-0.1, -0.05) is 5.16 Å². The molecule has 1 atom stereocenters. The largest absolute Gasteiger partial charge is 0.409 e. The zero-order valence-electron chi connectivity index (χ0n) is 8.43. The van der Waals surface area contributed by atoms with Gasteiger partial charge in [-0.2, -0.15) is 12.7 Å². The number of nitrogens with one attached hydrogen (secondary N) is 1. The van der Waals surface area contributed by atoms with E-state index in [9.17, 15) is 8.42 Å². The summed E-state index contributed by atoms with van der Waals surface area (Å²) < 4.78 is 25.8. The number of rotatable bonds is 5. The maximum atomic E-state index is 11.3. The van der Waals surface area contributed by atoms with Crippen LogP contribution in [0.2, 0.25) is 0 Å². The average molecular weight is 224 g/mol. The second kappa shape index (κ2) is 5.13. The highest BCUT2D eigenvalue weighted by atomic mass is 32.2. The van der Waals surface area contributed by atoms with Crippen molar-refractivity contribution in [2.75, 3.05) is 14.1 Å². The summed E-state index contributed by atoms with van der Waals surface area (Å²) in [6, 6.07) is -0.372. The quantitative estimate of drug-likeness (QED) is 0.238. The van der Waals surface area contributed by atoms with Gasteiger partial charge in [-0.25, -0.2) is 4.72 Å². The summed E-state index contributed by atoms with van der Waals surface area (Å²) in [4.78, 5) is 0. The molecule has 0 aromatic carbocycles. The zero-order chi connectivity index (χ0) is 11.4. The third-order valence-corrected chi connectivity index (χ3v) is 3.52. The number of hydrogen-bond acceptors (Lipinski definition) is 4. The fourth-order valence-electron chi connectivity index (χ4n) is 0.853. The maximum Gasteiger partial charge on any atom is 0.279 e. The summed E-state index contributed by atoms with van der Waals surface area (Å²) in [5.74, 6) is -0.00402. The first-order chi connectivity index (χ1) is 6.35. The Hall–Kier alpha value is -0.860. The molecule has 0 saturated carbocycles. The van der Waals surface area contributed by atoms with Gasteiger partial charge in [0, 0.05) is 26.6 Å². The summed E-state index contributed by atoms with van der Waals surface area (Å²) in [6.07, 6.45) is 0.175. The second-order valence-corrected chi connectivity index (χ2v) is 4.80. The highest BCUT2D eigenvalue weighted by molar-refractivity contribution is 7.87. The molecule has 84 valence electrons. The Kier molecular flexibility index (Phi) is 4.81. The lowest BCUT2D eigenvalue weighted by molar-refractivity contribution is 0.313. The zero-order valence-corrected chi connectivity index (χ0v) is 9.24. The fraction of sp³-hybridized carbons (Fsp3) is 0.833. The van der Waals surface area contributed by atoms with E-state index in [1.165, 1.54) is 14.1 Å². The van der Waals surface area contributed by atoms with Crippen LogP contribution in [-0.4, -0.2) is 43.9 Å². The molecule has 0 spiro atoms. The van der Waals surface area contributed by atoms with Crippen molar-refractivity contribution in [1.29, 1.82) is 0 Å². The highest BCUT2D eigenvalue weighted by Crippen LogP contribution is 2.05. The fourth-order valence-corrected chi connectivity index (χ4v) is 1.69. The monoisotopic (exact) mass is 224 g/mol. The lowest BCUT2D eigenvalue weighted by atomic mass is 10.2. The van der Waals surface area contributed by atoms with E-state index in [2.05, 4.69) is 9.88 Å². The molecule has 0 aliphatic heterocycles. The second-order valence-electron chi connectivity index (χ2n) is 2.87. The Balaban J connectivity index is 4.48. The molecule has 4 N–H and O–H groups in total. The van der Waals surface area contributed by atoms with Crippen molar-refractivity contribution in [3.8, 4) is 0 Å². The van der Waals surface area contributed by atoms with Crippen LogP contribution in [0.4, 0.5) is 0 Å². The number of nitrogens with zero attached hydrogens (tertiary/aromatic N) is 2. The Bertz CT molecular complexity index is 300. The Morgan fingerprint density at radius 2 is 2.21 bits per heavy atom. The molecule has 0 rings (SSSR count). The standard InChI is InChI=1S/C6H16N4O3S/c1-5(4-6(7)9-11)10(3)14(12,13)8-2/h5,8,11H,4H2,1-3H3,(H2,7,9). The van der Waals surface area contributed by atoms with Crippen LogP contribution in [0.5, 0.6) is 0 Å². The van der Waals surface area contributed by atoms with Gasteiger partial charge in [0.1, 0.15) is 5.84 Å². The third-order valence-electron chi connectivity index (χ3n) is 1.89. The van der Waals surface area contributed by atoms with Crippen LogP contribution in [0.25, 0.3) is 0 Å². The van der Waals surface area contributed by atoms with Crippen LogP contribution in [-0.2, 0) is 10.2 Å². The van der Waals surface area contributed by atoms with Crippen LogP contribution >= 0.6 is 0 Å². The lowest BCUT2D eigenvalue weighted by Gasteiger charge is -2.22. The highest BCUT2D eigenvalue weighted by Gasteiger charge is 2.21. The first kappa shape index (κ1) is 13.1. The summed E-state index contributed by atoms with van der Waals surface area (Å²) in [7, 11) is -0.721. The molecule has 0 aliphatic carbocycles. The minimum Gasteiger partial charge on any atom is -0.409 e. The van der Waals surface area contributed by atoms with Gasteiger partial charge in [0.15, 0.2) is 0 Å². The topological polar surface area (TPSA) is 108 Å². The van der Waals surface area contributed by atoms with Gasteiger partial charge in [-0.3, -0.25) is 0 Å². The number of nitrogens with two attached hydrogens (primary N) is 1. The molecule has 0 saturated heterocycles. The maximum absolute atomic E-state index is 11.3. The molecule has 0 aromatic rings. The molecule has 0 fully saturated rings. The summed E-state index contributed by atoms with van der Waals surface area (Å²) in [5, 5.41) is 11.1. The first-order valence-electron chi connectivity index (χ1n) is 3.98. The molecular formula is C6H16N4O3S. The molecule has 0 heterocycles. The van der Waals surface area contributed by atoms with Crippen molar-refractivity contribution >= 4 is 16.0 Å². The molecule has 0 aromatic heterocycles. The van der Waals surface area contributed by atoms with Gasteiger partial charge in [0.25, 0.3) is 10.2 Å². The molecule has 0 aliphatic rings. The smallest absolute Gasteiger partial charge is 0.279 e. The first-order valence-corrected chi connectivity index (χ1v) is 5.42. The van der Waals surface area contributed by atoms with Crippen molar-refractivity contribution in [2.24, 2.45) is 10.9 Å². The van der Waals surface area contributed by atoms with Crippen LogP contribution in [0, 0.1) is 0 Å². The van der Waals surface area contributed by atoms with E-state index >= 15 is 0 Å². The van der Waals surface area contributed by atoms with E-state index < -0.39 is 10.2 Å².